The average Bonchev–Trinajstić information content (AvgIpc) is 3.77. The lowest BCUT2D eigenvalue weighted by Gasteiger charge is -2.41. The molecule has 0 spiro atoms. The van der Waals surface area contributed by atoms with Crippen LogP contribution in [0.2, 0.25) is 0 Å². The zero-order valence-electron chi connectivity index (χ0n) is 32.4. The number of alkyl halides is 2. The van der Waals surface area contributed by atoms with Gasteiger partial charge in [0.2, 0.25) is 23.6 Å². The van der Waals surface area contributed by atoms with Crippen LogP contribution in [0, 0.1) is 12.7 Å². The summed E-state index contributed by atoms with van der Waals surface area (Å²) in [5.41, 5.74) is 1.12. The van der Waals surface area contributed by atoms with E-state index in [-0.39, 0.29) is 85.4 Å². The number of halogens is 3. The van der Waals surface area contributed by atoms with Crippen molar-refractivity contribution < 1.29 is 32.3 Å². The number of aryl methyl sites for hydroxylation is 1. The van der Waals surface area contributed by atoms with Crippen molar-refractivity contribution in [1.29, 1.82) is 0 Å². The Morgan fingerprint density at radius 1 is 0.946 bits per heavy atom. The zero-order valence-corrected chi connectivity index (χ0v) is 33.2. The molecule has 1 aromatic carbocycles. The van der Waals surface area contributed by atoms with Gasteiger partial charge in [-0.3, -0.25) is 24.1 Å². The van der Waals surface area contributed by atoms with E-state index in [1.54, 1.807) is 11.3 Å². The summed E-state index contributed by atoms with van der Waals surface area (Å²) in [7, 11) is 0. The van der Waals surface area contributed by atoms with E-state index in [1.807, 2.05) is 16.7 Å². The zero-order chi connectivity index (χ0) is 39.4. The van der Waals surface area contributed by atoms with Crippen molar-refractivity contribution in [2.24, 2.45) is 0 Å². The first-order chi connectivity index (χ1) is 26.9. The molecule has 3 saturated heterocycles. The van der Waals surface area contributed by atoms with Crippen LogP contribution in [0.25, 0.3) is 0 Å². The van der Waals surface area contributed by atoms with E-state index >= 15 is 0 Å². The molecule has 0 radical (unpaired) electrons. The van der Waals surface area contributed by atoms with E-state index in [4.69, 9.17) is 4.98 Å². The third-order valence-corrected chi connectivity index (χ3v) is 13.8. The van der Waals surface area contributed by atoms with Gasteiger partial charge in [0.15, 0.2) is 0 Å². The second-order valence-electron chi connectivity index (χ2n) is 16.6. The monoisotopic (exact) mass is 799 g/mol. The summed E-state index contributed by atoms with van der Waals surface area (Å²) in [6.45, 7) is 5.47. The molecule has 4 amide bonds. The van der Waals surface area contributed by atoms with Crippen LogP contribution in [0.4, 0.5) is 13.2 Å². The fourth-order valence-electron chi connectivity index (χ4n) is 9.38. The molecule has 2 aromatic rings. The Hall–Kier alpha value is -3.56. The number of amides is 4. The Morgan fingerprint density at radius 2 is 1.64 bits per heavy atom. The number of thiazole rings is 1. The number of carbonyl (C=O) groups excluding carboxylic acids is 4. The molecule has 6 aliphatic heterocycles. The third-order valence-electron chi connectivity index (χ3n) is 12.6. The highest BCUT2D eigenvalue weighted by atomic mass is 32.1. The average molecular weight is 800 g/mol. The minimum absolute atomic E-state index is 0.0217. The Labute approximate surface area is 331 Å². The highest BCUT2D eigenvalue weighted by Crippen LogP contribution is 2.36. The summed E-state index contributed by atoms with van der Waals surface area (Å²) >= 11 is 1.62. The molecule has 1 aliphatic carbocycles. The summed E-state index contributed by atoms with van der Waals surface area (Å²) in [5, 5.41) is 10.7. The standard InChI is InChI=1S/C41H56F3N7O4S/c1-26-34-24-36(52)47-31(4-2-3-17-45-38(54)27-5-7-29(42)8-6-27)23-37(53)49-20-13-33(14-21-49)51-25-32(46-30-9-15-41(43,44)16-10-30)22-35(51)40(55)50-18-11-28(12-19-50)39(48-34)56-26/h5-8,28,30-33,35,46H,2-4,9-25H2,1H3,(H,45,54)(H,47,52)/t31-,32-,35-/m0/s1. The van der Waals surface area contributed by atoms with Gasteiger partial charge in [0.25, 0.3) is 5.91 Å². The maximum Gasteiger partial charge on any atom is 0.251 e. The van der Waals surface area contributed by atoms with Crippen LogP contribution in [0.15, 0.2) is 24.3 Å². The number of aromatic nitrogens is 1. The number of fused-ring (bicyclic) bond motifs is 2. The van der Waals surface area contributed by atoms with Crippen LogP contribution in [-0.4, -0.2) is 119 Å². The lowest BCUT2D eigenvalue weighted by Crippen LogP contribution is -2.54. The fraction of sp³-hybridized carbons (Fsp3) is 0.683. The number of benzene rings is 1. The smallest absolute Gasteiger partial charge is 0.251 e. The summed E-state index contributed by atoms with van der Waals surface area (Å²) in [4.78, 5) is 66.2. The molecule has 6 bridgehead atoms. The van der Waals surface area contributed by atoms with E-state index in [0.717, 1.165) is 41.3 Å². The lowest BCUT2D eigenvalue weighted by molar-refractivity contribution is -0.139. The highest BCUT2D eigenvalue weighted by molar-refractivity contribution is 7.11. The first-order valence-electron chi connectivity index (χ1n) is 20.7. The van der Waals surface area contributed by atoms with E-state index in [0.29, 0.717) is 83.4 Å². The summed E-state index contributed by atoms with van der Waals surface area (Å²) in [5.74, 6) is -3.13. The Morgan fingerprint density at radius 3 is 2.36 bits per heavy atom. The van der Waals surface area contributed by atoms with Crippen molar-refractivity contribution in [1.82, 2.24) is 35.6 Å². The number of nitrogens with zero attached hydrogens (tertiary/aromatic N) is 4. The van der Waals surface area contributed by atoms with Crippen molar-refractivity contribution in [3.8, 4) is 0 Å². The molecular weight excluding hydrogens is 744 g/mol. The van der Waals surface area contributed by atoms with Gasteiger partial charge in [-0.05, 0) is 95.4 Å². The van der Waals surface area contributed by atoms with Crippen LogP contribution >= 0.6 is 11.3 Å². The molecule has 7 heterocycles. The Bertz CT molecular complexity index is 1700. The molecule has 306 valence electrons. The maximum atomic E-state index is 14.3. The fourth-order valence-corrected chi connectivity index (χ4v) is 10.5. The lowest BCUT2D eigenvalue weighted by atomic mass is 9.91. The molecule has 7 aliphatic rings. The number of carbonyl (C=O) groups is 4. The largest absolute Gasteiger partial charge is 0.353 e. The molecule has 1 saturated carbocycles. The highest BCUT2D eigenvalue weighted by Gasteiger charge is 2.45. The summed E-state index contributed by atoms with van der Waals surface area (Å²) in [6, 6.07) is 4.89. The van der Waals surface area contributed by atoms with E-state index in [9.17, 15) is 32.3 Å². The van der Waals surface area contributed by atoms with Gasteiger partial charge >= 0.3 is 0 Å². The molecule has 3 N–H and O–H groups in total. The predicted molar refractivity (Wildman–Crippen MR) is 207 cm³/mol. The minimum Gasteiger partial charge on any atom is -0.353 e. The topological polar surface area (TPSA) is 127 Å². The van der Waals surface area contributed by atoms with Crippen LogP contribution in [-0.2, 0) is 20.8 Å². The first kappa shape index (κ1) is 40.6. The molecular formula is C41H56F3N7O4S. The molecule has 4 fully saturated rings. The number of unbranched alkanes of at least 4 members (excludes halogenated alkanes) is 1. The van der Waals surface area contributed by atoms with Crippen molar-refractivity contribution in [3.63, 3.8) is 0 Å². The van der Waals surface area contributed by atoms with E-state index in [2.05, 4.69) is 20.9 Å². The number of rotatable bonds is 8. The van der Waals surface area contributed by atoms with Gasteiger partial charge in [0.05, 0.1) is 23.2 Å². The van der Waals surface area contributed by atoms with Crippen molar-refractivity contribution >= 4 is 35.0 Å². The maximum absolute atomic E-state index is 14.3. The summed E-state index contributed by atoms with van der Waals surface area (Å²) < 4.78 is 41.1. The SMILES string of the molecule is Cc1sc2nc1CC(=O)N[C@@H](CCCCNC(=O)c1ccc(F)cc1)CC(=O)N1CCC(CC1)N1C[C@@H](NC3CCC(F)(F)CC3)C[C@H]1C(=O)N1CCC2CC1. The number of hydrogen-bond donors (Lipinski definition) is 3. The number of hydrogen-bond acceptors (Lipinski definition) is 8. The third kappa shape index (κ3) is 10.1. The molecule has 3 atom stereocenters. The normalized spacial score (nSPS) is 26.1. The molecule has 11 nitrogen and oxygen atoms in total. The Balaban J connectivity index is 1.03. The van der Waals surface area contributed by atoms with Crippen molar-refractivity contribution in [2.75, 3.05) is 39.3 Å². The molecule has 15 heteroatoms. The molecule has 1 aromatic heterocycles. The molecule has 9 rings (SSSR count). The number of nitrogens with one attached hydrogen (secondary N) is 3. The van der Waals surface area contributed by atoms with Gasteiger partial charge in [-0.2, -0.15) is 0 Å². The minimum atomic E-state index is -2.59. The first-order valence-corrected chi connectivity index (χ1v) is 21.5. The number of piperidine rings is 2. The van der Waals surface area contributed by atoms with Crippen molar-refractivity contribution in [2.45, 2.75) is 139 Å². The Kier molecular flexibility index (Phi) is 13.0. The van der Waals surface area contributed by atoms with Gasteiger partial charge in [0.1, 0.15) is 5.82 Å². The van der Waals surface area contributed by atoms with Gasteiger partial charge in [-0.1, -0.05) is 0 Å². The van der Waals surface area contributed by atoms with Crippen LogP contribution in [0.3, 0.4) is 0 Å². The summed E-state index contributed by atoms with van der Waals surface area (Å²) in [6.07, 6.45) is 6.55. The predicted octanol–water partition coefficient (Wildman–Crippen LogP) is 4.93. The second kappa shape index (κ2) is 17.9. The van der Waals surface area contributed by atoms with E-state index in [1.165, 1.54) is 24.3 Å². The van der Waals surface area contributed by atoms with Crippen LogP contribution in [0.1, 0.15) is 115 Å². The van der Waals surface area contributed by atoms with Gasteiger partial charge in [-0.25, -0.2) is 18.2 Å². The van der Waals surface area contributed by atoms with Crippen LogP contribution < -0.4 is 16.0 Å². The van der Waals surface area contributed by atoms with Gasteiger partial charge in [0, 0.05) is 99.1 Å². The van der Waals surface area contributed by atoms with E-state index < -0.39 is 11.7 Å². The molecule has 0 unspecified atom stereocenters. The van der Waals surface area contributed by atoms with Gasteiger partial charge in [-0.15, -0.1) is 11.3 Å². The van der Waals surface area contributed by atoms with Crippen molar-refractivity contribution in [3.05, 3.63) is 51.2 Å². The second-order valence-corrected chi connectivity index (χ2v) is 17.8. The van der Waals surface area contributed by atoms with Crippen LogP contribution in [0.5, 0.6) is 0 Å². The quantitative estimate of drug-likeness (QED) is 0.324. The van der Waals surface area contributed by atoms with Gasteiger partial charge < -0.3 is 25.8 Å². The molecule has 56 heavy (non-hydrogen) atoms.